The van der Waals surface area contributed by atoms with Crippen molar-refractivity contribution in [3.63, 3.8) is 0 Å². The van der Waals surface area contributed by atoms with Crippen LogP contribution in [-0.4, -0.2) is 6.61 Å². The molecule has 1 aromatic rings. The van der Waals surface area contributed by atoms with E-state index in [0.717, 1.165) is 36.0 Å². The van der Waals surface area contributed by atoms with E-state index in [1.807, 2.05) is 0 Å². The topological polar surface area (TPSA) is 9.23 Å². The molecule has 0 radical (unpaired) electrons. The second-order valence-electron chi connectivity index (χ2n) is 11.2. The first-order chi connectivity index (χ1) is 15.8. The number of unbranched alkanes of at least 4 members (excludes halogenated alkanes) is 4. The molecule has 1 aromatic carbocycles. The maximum atomic E-state index is 6.09. The van der Waals surface area contributed by atoms with E-state index in [0.29, 0.717) is 0 Å². The van der Waals surface area contributed by atoms with Crippen molar-refractivity contribution in [2.24, 2.45) is 17.8 Å². The number of ether oxygens (including phenoxy) is 1. The highest BCUT2D eigenvalue weighted by molar-refractivity contribution is 5.29. The van der Waals surface area contributed by atoms with Gasteiger partial charge in [-0.15, -0.1) is 0 Å². The van der Waals surface area contributed by atoms with E-state index in [2.05, 4.69) is 38.1 Å². The van der Waals surface area contributed by atoms with Crippen molar-refractivity contribution in [2.45, 2.75) is 135 Å². The van der Waals surface area contributed by atoms with Gasteiger partial charge < -0.3 is 4.74 Å². The Bertz CT molecular complexity index is 575. The molecule has 0 atom stereocenters. The highest BCUT2D eigenvalue weighted by Gasteiger charge is 2.22. The van der Waals surface area contributed by atoms with Crippen LogP contribution in [-0.2, 0) is 0 Å². The van der Waals surface area contributed by atoms with Gasteiger partial charge >= 0.3 is 0 Å². The Labute approximate surface area is 200 Å². The van der Waals surface area contributed by atoms with Crippen molar-refractivity contribution in [3.8, 4) is 5.75 Å². The molecule has 1 nitrogen and oxygen atoms in total. The number of hydrogen-bond donors (Lipinski definition) is 0. The molecule has 2 aliphatic rings. The summed E-state index contributed by atoms with van der Waals surface area (Å²) < 4.78 is 6.09. The van der Waals surface area contributed by atoms with E-state index in [9.17, 15) is 0 Å². The van der Waals surface area contributed by atoms with E-state index < -0.39 is 0 Å². The molecule has 0 saturated heterocycles. The molecule has 0 amide bonds. The second-order valence-corrected chi connectivity index (χ2v) is 11.2. The Morgan fingerprint density at radius 2 is 1.12 bits per heavy atom. The molecule has 2 saturated carbocycles. The first-order valence-corrected chi connectivity index (χ1v) is 14.5. The number of hydrogen-bond acceptors (Lipinski definition) is 1. The van der Waals surface area contributed by atoms with Crippen LogP contribution in [0.2, 0.25) is 0 Å². The van der Waals surface area contributed by atoms with Crippen molar-refractivity contribution in [3.05, 3.63) is 29.8 Å². The molecule has 0 spiro atoms. The van der Waals surface area contributed by atoms with Crippen molar-refractivity contribution >= 4 is 0 Å². The van der Waals surface area contributed by atoms with E-state index in [1.165, 1.54) is 116 Å². The molecule has 32 heavy (non-hydrogen) atoms. The molecule has 2 aliphatic carbocycles. The van der Waals surface area contributed by atoms with Gasteiger partial charge in [0.2, 0.25) is 0 Å². The van der Waals surface area contributed by atoms with Crippen LogP contribution < -0.4 is 4.74 Å². The summed E-state index contributed by atoms with van der Waals surface area (Å²) >= 11 is 0. The van der Waals surface area contributed by atoms with Gasteiger partial charge in [0.1, 0.15) is 5.75 Å². The van der Waals surface area contributed by atoms with Crippen LogP contribution in [0, 0.1) is 17.8 Å². The van der Waals surface area contributed by atoms with Gasteiger partial charge in [-0.2, -0.15) is 0 Å². The van der Waals surface area contributed by atoms with Gasteiger partial charge in [0.05, 0.1) is 6.61 Å². The minimum Gasteiger partial charge on any atom is -0.494 e. The van der Waals surface area contributed by atoms with Gasteiger partial charge in [-0.05, 0) is 79.9 Å². The van der Waals surface area contributed by atoms with Crippen molar-refractivity contribution in [1.29, 1.82) is 0 Å². The van der Waals surface area contributed by atoms with E-state index in [1.54, 1.807) is 5.56 Å². The fraction of sp³-hybridized carbons (Fsp3) is 0.806. The maximum Gasteiger partial charge on any atom is 0.119 e. The van der Waals surface area contributed by atoms with Crippen LogP contribution in [0.1, 0.15) is 141 Å². The fourth-order valence-corrected chi connectivity index (χ4v) is 6.34. The normalized spacial score (nSPS) is 26.2. The van der Waals surface area contributed by atoms with Gasteiger partial charge in [0.15, 0.2) is 0 Å². The molecule has 0 unspecified atom stereocenters. The second kappa shape index (κ2) is 15.0. The standard InChI is InChI=1S/C31H52O/c1-3-5-7-8-11-27-17-19-29(20-18-27)30-21-23-31(24-22-30)32-25-9-12-28-15-13-26(14-16-28)10-6-4-2/h21-24,26-29H,3-20,25H2,1-2H3/t26-,27-,28-,29-. The van der Waals surface area contributed by atoms with E-state index in [4.69, 9.17) is 4.74 Å². The Hall–Kier alpha value is -0.980. The zero-order chi connectivity index (χ0) is 22.4. The molecule has 2 fully saturated rings. The summed E-state index contributed by atoms with van der Waals surface area (Å²) in [6, 6.07) is 9.15. The average Bonchev–Trinajstić information content (AvgIpc) is 2.85. The van der Waals surface area contributed by atoms with Crippen LogP contribution in [0.25, 0.3) is 0 Å². The lowest BCUT2D eigenvalue weighted by atomic mass is 9.77. The van der Waals surface area contributed by atoms with E-state index >= 15 is 0 Å². The fourth-order valence-electron chi connectivity index (χ4n) is 6.34. The van der Waals surface area contributed by atoms with Crippen LogP contribution in [0.5, 0.6) is 5.75 Å². The molecule has 3 rings (SSSR count). The average molecular weight is 441 g/mol. The number of rotatable bonds is 14. The third kappa shape index (κ3) is 9.11. The zero-order valence-corrected chi connectivity index (χ0v) is 21.5. The van der Waals surface area contributed by atoms with Gasteiger partial charge in [-0.3, -0.25) is 0 Å². The largest absolute Gasteiger partial charge is 0.494 e. The maximum absolute atomic E-state index is 6.09. The van der Waals surface area contributed by atoms with Gasteiger partial charge in [-0.1, -0.05) is 103 Å². The van der Waals surface area contributed by atoms with Gasteiger partial charge in [-0.25, -0.2) is 0 Å². The minimum atomic E-state index is 0.781. The smallest absolute Gasteiger partial charge is 0.119 e. The SMILES string of the molecule is CCCCCC[C@H]1CC[C@H](c2ccc(OCCC[C@H]3CC[C@H](CCCC)CC3)cc2)CC1. The summed E-state index contributed by atoms with van der Waals surface area (Å²) in [5.74, 6) is 4.84. The lowest BCUT2D eigenvalue weighted by molar-refractivity contribution is 0.228. The third-order valence-electron chi connectivity index (χ3n) is 8.62. The van der Waals surface area contributed by atoms with Crippen molar-refractivity contribution in [2.75, 3.05) is 6.61 Å². The molecule has 182 valence electrons. The first-order valence-electron chi connectivity index (χ1n) is 14.5. The third-order valence-corrected chi connectivity index (χ3v) is 8.62. The monoisotopic (exact) mass is 440 g/mol. The molecular formula is C31H52O. The lowest BCUT2D eigenvalue weighted by Crippen LogP contribution is -2.15. The molecule has 1 heteroatoms. The molecule has 0 heterocycles. The molecule has 0 aliphatic heterocycles. The Kier molecular flexibility index (Phi) is 12.0. The highest BCUT2D eigenvalue weighted by atomic mass is 16.5. The van der Waals surface area contributed by atoms with Crippen LogP contribution >= 0.6 is 0 Å². The first kappa shape index (κ1) is 25.6. The molecule has 0 N–H and O–H groups in total. The predicted octanol–water partition coefficient (Wildman–Crippen LogP) is 10.1. The minimum absolute atomic E-state index is 0.781. The quantitative estimate of drug-likeness (QED) is 0.261. The summed E-state index contributed by atoms with van der Waals surface area (Å²) in [5, 5.41) is 0. The Morgan fingerprint density at radius 3 is 1.72 bits per heavy atom. The predicted molar refractivity (Wildman–Crippen MR) is 140 cm³/mol. The molecule has 0 aromatic heterocycles. The van der Waals surface area contributed by atoms with Crippen LogP contribution in [0.15, 0.2) is 24.3 Å². The summed E-state index contributed by atoms with van der Waals surface area (Å²) in [7, 11) is 0. The lowest BCUT2D eigenvalue weighted by Gasteiger charge is -2.29. The summed E-state index contributed by atoms with van der Waals surface area (Å²) in [5.41, 5.74) is 1.54. The van der Waals surface area contributed by atoms with Crippen LogP contribution in [0.4, 0.5) is 0 Å². The summed E-state index contributed by atoms with van der Waals surface area (Å²) in [6.07, 6.45) is 25.5. The number of benzene rings is 1. The summed E-state index contributed by atoms with van der Waals surface area (Å²) in [6.45, 7) is 5.51. The Morgan fingerprint density at radius 1 is 0.594 bits per heavy atom. The summed E-state index contributed by atoms with van der Waals surface area (Å²) in [4.78, 5) is 0. The van der Waals surface area contributed by atoms with Crippen molar-refractivity contribution < 1.29 is 4.74 Å². The molecule has 0 bridgehead atoms. The van der Waals surface area contributed by atoms with E-state index in [-0.39, 0.29) is 0 Å². The van der Waals surface area contributed by atoms with Gasteiger partial charge in [0, 0.05) is 0 Å². The Balaban J connectivity index is 1.26. The van der Waals surface area contributed by atoms with Crippen molar-refractivity contribution in [1.82, 2.24) is 0 Å². The molecular weight excluding hydrogens is 388 g/mol. The highest BCUT2D eigenvalue weighted by Crippen LogP contribution is 2.38. The van der Waals surface area contributed by atoms with Gasteiger partial charge in [0.25, 0.3) is 0 Å². The zero-order valence-electron chi connectivity index (χ0n) is 21.5. The van der Waals surface area contributed by atoms with Crippen LogP contribution in [0.3, 0.4) is 0 Å².